The number of alkyl halides is 1. The van der Waals surface area contributed by atoms with Crippen molar-refractivity contribution < 1.29 is 13.6 Å². The zero-order valence-corrected chi connectivity index (χ0v) is 13.8. The van der Waals surface area contributed by atoms with Crippen LogP contribution in [0.3, 0.4) is 0 Å². The molecule has 1 aliphatic rings. The van der Waals surface area contributed by atoms with Gasteiger partial charge in [0, 0.05) is 23.5 Å². The first-order chi connectivity index (χ1) is 12.5. The van der Waals surface area contributed by atoms with Gasteiger partial charge in [0.15, 0.2) is 0 Å². The molecule has 1 aliphatic carbocycles. The lowest BCUT2D eigenvalue weighted by Crippen LogP contribution is -2.27. The fraction of sp³-hybridized carbons (Fsp3) is 0.278. The number of halogens is 2. The Hall–Kier alpha value is -3.03. The van der Waals surface area contributed by atoms with Crippen molar-refractivity contribution in [2.24, 2.45) is 5.73 Å². The first-order valence-corrected chi connectivity index (χ1v) is 8.35. The number of nitrogens with one attached hydrogen (secondary N) is 1. The standard InChI is InChI=1S/C18H17F2N5O/c19-12-4-10(6-22-7-12)11-5-16-17(24-15-3-1-2-14(15)20)13(18(21)26)8-23-25(16)9-11/h4-9,14-15,24H,1-3H2,(H2,21,26)/t14-,15+/m0/s1. The number of carbonyl (C=O) groups is 1. The molecule has 0 bridgehead atoms. The van der Waals surface area contributed by atoms with E-state index in [1.165, 1.54) is 18.5 Å². The molecular weight excluding hydrogens is 340 g/mol. The SMILES string of the molecule is NC(=O)c1cnn2cc(-c3cncc(F)c3)cc2c1N[C@@H]1CCC[C@@H]1F. The topological polar surface area (TPSA) is 85.3 Å². The van der Waals surface area contributed by atoms with Crippen molar-refractivity contribution in [1.82, 2.24) is 14.6 Å². The third kappa shape index (κ3) is 2.87. The van der Waals surface area contributed by atoms with E-state index in [0.717, 1.165) is 12.6 Å². The van der Waals surface area contributed by atoms with Crippen molar-refractivity contribution >= 4 is 17.1 Å². The van der Waals surface area contributed by atoms with E-state index in [0.29, 0.717) is 35.2 Å². The van der Waals surface area contributed by atoms with E-state index in [4.69, 9.17) is 5.73 Å². The number of pyridine rings is 1. The van der Waals surface area contributed by atoms with E-state index < -0.39 is 17.9 Å². The summed E-state index contributed by atoms with van der Waals surface area (Å²) in [5, 5.41) is 7.33. The maximum absolute atomic E-state index is 14.1. The molecule has 3 aromatic rings. The van der Waals surface area contributed by atoms with Crippen molar-refractivity contribution in [2.75, 3.05) is 5.32 Å². The van der Waals surface area contributed by atoms with Crippen LogP contribution in [0.1, 0.15) is 29.6 Å². The van der Waals surface area contributed by atoms with Gasteiger partial charge in [-0.3, -0.25) is 9.78 Å². The maximum atomic E-state index is 14.1. The Balaban J connectivity index is 1.83. The van der Waals surface area contributed by atoms with Crippen LogP contribution >= 0.6 is 0 Å². The number of amides is 1. The molecule has 1 fully saturated rings. The average molecular weight is 357 g/mol. The van der Waals surface area contributed by atoms with Gasteiger partial charge >= 0.3 is 0 Å². The zero-order chi connectivity index (χ0) is 18.3. The van der Waals surface area contributed by atoms with Crippen LogP contribution < -0.4 is 11.1 Å². The van der Waals surface area contributed by atoms with E-state index >= 15 is 0 Å². The second-order valence-corrected chi connectivity index (χ2v) is 6.45. The van der Waals surface area contributed by atoms with Crippen LogP contribution in [0.2, 0.25) is 0 Å². The van der Waals surface area contributed by atoms with Crippen molar-refractivity contribution in [3.63, 3.8) is 0 Å². The average Bonchev–Trinajstić information content (AvgIpc) is 3.21. The molecule has 134 valence electrons. The first kappa shape index (κ1) is 16.4. The molecule has 6 nitrogen and oxygen atoms in total. The molecule has 0 spiro atoms. The Bertz CT molecular complexity index is 987. The highest BCUT2D eigenvalue weighted by atomic mass is 19.1. The van der Waals surface area contributed by atoms with Gasteiger partial charge in [0.2, 0.25) is 0 Å². The third-order valence-corrected chi connectivity index (χ3v) is 4.70. The Kier molecular flexibility index (Phi) is 4.02. The number of carbonyl (C=O) groups excluding carboxylic acids is 1. The third-order valence-electron chi connectivity index (χ3n) is 4.70. The van der Waals surface area contributed by atoms with Gasteiger partial charge in [-0.2, -0.15) is 5.10 Å². The van der Waals surface area contributed by atoms with E-state index in [-0.39, 0.29) is 11.6 Å². The highest BCUT2D eigenvalue weighted by Gasteiger charge is 2.29. The molecule has 8 heteroatoms. The summed E-state index contributed by atoms with van der Waals surface area (Å²) in [6.07, 6.45) is 6.68. The number of nitrogens with zero attached hydrogens (tertiary/aromatic N) is 3. The van der Waals surface area contributed by atoms with Crippen LogP contribution in [0.4, 0.5) is 14.5 Å². The number of aromatic nitrogens is 3. The molecule has 3 heterocycles. The second kappa shape index (κ2) is 6.36. The van der Waals surface area contributed by atoms with Crippen molar-refractivity contribution in [3.05, 3.63) is 48.3 Å². The van der Waals surface area contributed by atoms with Gasteiger partial charge in [0.25, 0.3) is 5.91 Å². The largest absolute Gasteiger partial charge is 0.377 e. The second-order valence-electron chi connectivity index (χ2n) is 6.45. The molecule has 0 radical (unpaired) electrons. The molecule has 26 heavy (non-hydrogen) atoms. The van der Waals surface area contributed by atoms with E-state index in [2.05, 4.69) is 15.4 Å². The summed E-state index contributed by atoms with van der Waals surface area (Å²) in [4.78, 5) is 15.7. The number of nitrogens with two attached hydrogens (primary N) is 1. The number of primary amides is 1. The van der Waals surface area contributed by atoms with Crippen LogP contribution in [-0.2, 0) is 0 Å². The molecule has 3 aromatic heterocycles. The fourth-order valence-corrected chi connectivity index (χ4v) is 3.39. The summed E-state index contributed by atoms with van der Waals surface area (Å²) in [7, 11) is 0. The Morgan fingerprint density at radius 1 is 1.23 bits per heavy atom. The van der Waals surface area contributed by atoms with Crippen molar-refractivity contribution in [3.8, 4) is 11.1 Å². The van der Waals surface area contributed by atoms with Crippen molar-refractivity contribution in [1.29, 1.82) is 0 Å². The van der Waals surface area contributed by atoms with Crippen LogP contribution in [0.5, 0.6) is 0 Å². The molecule has 0 saturated heterocycles. The van der Waals surface area contributed by atoms with Gasteiger partial charge in [-0.25, -0.2) is 13.3 Å². The lowest BCUT2D eigenvalue weighted by molar-refractivity contribution is 0.100. The Labute approximate surface area is 148 Å². The normalized spacial score (nSPS) is 19.8. The molecule has 2 atom stereocenters. The molecule has 1 amide bonds. The number of hydrogen-bond acceptors (Lipinski definition) is 4. The minimum atomic E-state index is -0.981. The van der Waals surface area contributed by atoms with Gasteiger partial charge < -0.3 is 11.1 Å². The monoisotopic (exact) mass is 357 g/mol. The summed E-state index contributed by atoms with van der Waals surface area (Å²) in [5.41, 5.74) is 7.93. The zero-order valence-electron chi connectivity index (χ0n) is 13.8. The maximum Gasteiger partial charge on any atom is 0.252 e. The van der Waals surface area contributed by atoms with Gasteiger partial charge in [0.05, 0.1) is 35.2 Å². The van der Waals surface area contributed by atoms with E-state index in [9.17, 15) is 13.6 Å². The number of fused-ring (bicyclic) bond motifs is 1. The highest BCUT2D eigenvalue weighted by Crippen LogP contribution is 2.32. The Morgan fingerprint density at radius 2 is 2.08 bits per heavy atom. The fourth-order valence-electron chi connectivity index (χ4n) is 3.39. The van der Waals surface area contributed by atoms with Gasteiger partial charge in [-0.15, -0.1) is 0 Å². The van der Waals surface area contributed by atoms with Gasteiger partial charge in [-0.1, -0.05) is 0 Å². The Morgan fingerprint density at radius 3 is 2.77 bits per heavy atom. The molecule has 1 saturated carbocycles. The first-order valence-electron chi connectivity index (χ1n) is 8.35. The molecule has 0 aliphatic heterocycles. The number of anilines is 1. The van der Waals surface area contributed by atoms with E-state index in [1.807, 2.05) is 0 Å². The smallest absolute Gasteiger partial charge is 0.252 e. The van der Waals surface area contributed by atoms with E-state index in [1.54, 1.807) is 16.8 Å². The predicted molar refractivity (Wildman–Crippen MR) is 93.1 cm³/mol. The summed E-state index contributed by atoms with van der Waals surface area (Å²) in [5.74, 6) is -1.10. The predicted octanol–water partition coefficient (Wildman–Crippen LogP) is 2.94. The minimum Gasteiger partial charge on any atom is -0.377 e. The molecule has 4 rings (SSSR count). The molecule has 0 unspecified atom stereocenters. The summed E-state index contributed by atoms with van der Waals surface area (Å²) in [6.45, 7) is 0. The summed E-state index contributed by atoms with van der Waals surface area (Å²) in [6, 6.07) is 2.73. The molecular formula is C18H17F2N5O. The quantitative estimate of drug-likeness (QED) is 0.752. The van der Waals surface area contributed by atoms with Gasteiger partial charge in [0.1, 0.15) is 12.0 Å². The van der Waals surface area contributed by atoms with Crippen LogP contribution in [-0.4, -0.2) is 32.7 Å². The molecule has 3 N–H and O–H groups in total. The summed E-state index contributed by atoms with van der Waals surface area (Å²) < 4.78 is 29.1. The van der Waals surface area contributed by atoms with Crippen LogP contribution in [0, 0.1) is 5.82 Å². The highest BCUT2D eigenvalue weighted by molar-refractivity contribution is 6.02. The molecule has 0 aromatic carbocycles. The van der Waals surface area contributed by atoms with Crippen LogP contribution in [0.25, 0.3) is 16.6 Å². The summed E-state index contributed by atoms with van der Waals surface area (Å²) >= 11 is 0. The number of hydrogen-bond donors (Lipinski definition) is 2. The lowest BCUT2D eigenvalue weighted by atomic mass is 10.1. The lowest BCUT2D eigenvalue weighted by Gasteiger charge is -2.19. The number of rotatable bonds is 4. The van der Waals surface area contributed by atoms with Crippen molar-refractivity contribution in [2.45, 2.75) is 31.5 Å². The minimum absolute atomic E-state index is 0.193. The van der Waals surface area contributed by atoms with Crippen LogP contribution in [0.15, 0.2) is 36.9 Å². The van der Waals surface area contributed by atoms with Gasteiger partial charge in [-0.05, 0) is 31.4 Å².